The molecule has 0 bridgehead atoms. The Kier molecular flexibility index (Phi) is 7.69. The quantitative estimate of drug-likeness (QED) is 0.323. The van der Waals surface area contributed by atoms with Gasteiger partial charge in [0.05, 0.1) is 10.9 Å². The molecule has 1 atom stereocenters. The second-order valence-corrected chi connectivity index (χ2v) is 8.87. The fourth-order valence-electron chi connectivity index (χ4n) is 3.69. The van der Waals surface area contributed by atoms with E-state index in [9.17, 15) is 19.5 Å². The molecule has 8 nitrogen and oxygen atoms in total. The van der Waals surface area contributed by atoms with Crippen molar-refractivity contribution in [3.8, 4) is 11.5 Å². The number of aliphatic carboxylic acids is 1. The van der Waals surface area contributed by atoms with Crippen LogP contribution in [-0.4, -0.2) is 26.3 Å². The summed E-state index contributed by atoms with van der Waals surface area (Å²) < 4.78 is 11.3. The molecule has 0 aliphatic carbocycles. The Hall–Kier alpha value is -3.82. The summed E-state index contributed by atoms with van der Waals surface area (Å²) in [6, 6.07) is 22.8. The molecule has 0 aliphatic rings. The molecule has 0 aliphatic heterocycles. The summed E-state index contributed by atoms with van der Waals surface area (Å²) in [5, 5.41) is 10.1. The molecule has 0 spiro atoms. The molecule has 0 saturated carbocycles. The van der Waals surface area contributed by atoms with Gasteiger partial charge < -0.3 is 9.84 Å². The Morgan fingerprint density at radius 1 is 0.971 bits per heavy atom. The number of para-hydroxylation sites is 2. The number of nitrogens with one attached hydrogen (secondary N) is 1. The summed E-state index contributed by atoms with van der Waals surface area (Å²) in [4.78, 5) is 38.0. The summed E-state index contributed by atoms with van der Waals surface area (Å²) in [5.41, 5.74) is -0.211. The minimum atomic E-state index is -1.000. The van der Waals surface area contributed by atoms with Crippen LogP contribution in [0.4, 0.5) is 0 Å². The Labute approximate surface area is 205 Å². The van der Waals surface area contributed by atoms with Crippen molar-refractivity contribution in [3.63, 3.8) is 0 Å². The third kappa shape index (κ3) is 5.82. The van der Waals surface area contributed by atoms with Gasteiger partial charge in [-0.25, -0.2) is 9.52 Å². The van der Waals surface area contributed by atoms with E-state index in [4.69, 9.17) is 4.74 Å². The van der Waals surface area contributed by atoms with E-state index in [1.54, 1.807) is 31.3 Å². The average Bonchev–Trinajstić information content (AvgIpc) is 2.88. The highest BCUT2D eigenvalue weighted by atomic mass is 32.2. The number of aromatic nitrogens is 2. The number of fused-ring (bicyclic) bond motifs is 1. The highest BCUT2D eigenvalue weighted by Crippen LogP contribution is 2.24. The molecule has 0 radical (unpaired) electrons. The zero-order valence-electron chi connectivity index (χ0n) is 19.1. The Morgan fingerprint density at radius 3 is 2.34 bits per heavy atom. The Bertz CT molecular complexity index is 1430. The summed E-state index contributed by atoms with van der Waals surface area (Å²) in [6.07, 6.45) is 0.599. The van der Waals surface area contributed by atoms with Gasteiger partial charge in [-0.3, -0.25) is 18.7 Å². The van der Waals surface area contributed by atoms with Gasteiger partial charge in [-0.2, -0.15) is 0 Å². The van der Waals surface area contributed by atoms with Crippen LogP contribution in [0.25, 0.3) is 10.9 Å². The van der Waals surface area contributed by atoms with Crippen molar-refractivity contribution >= 4 is 28.8 Å². The van der Waals surface area contributed by atoms with E-state index < -0.39 is 17.7 Å². The lowest BCUT2D eigenvalue weighted by Crippen LogP contribution is -2.39. The van der Waals surface area contributed by atoms with Crippen molar-refractivity contribution in [1.82, 2.24) is 13.9 Å². The van der Waals surface area contributed by atoms with Gasteiger partial charge in [0, 0.05) is 18.5 Å². The van der Waals surface area contributed by atoms with E-state index in [-0.39, 0.29) is 18.5 Å². The number of hydrogen-bond donors (Lipinski definition) is 2. The number of carbonyl (C=O) groups is 1. The number of nitrogens with zero attached hydrogens (tertiary/aromatic N) is 2. The van der Waals surface area contributed by atoms with Crippen LogP contribution >= 0.6 is 11.9 Å². The molecule has 180 valence electrons. The summed E-state index contributed by atoms with van der Waals surface area (Å²) >= 11 is 1.21. The van der Waals surface area contributed by atoms with Gasteiger partial charge in [0.15, 0.2) is 0 Å². The number of aryl methyl sites for hydroxylation is 1. The van der Waals surface area contributed by atoms with Crippen LogP contribution in [0.1, 0.15) is 12.8 Å². The lowest BCUT2D eigenvalue weighted by Gasteiger charge is -2.15. The van der Waals surface area contributed by atoms with E-state index in [2.05, 4.69) is 4.72 Å². The minimum absolute atomic E-state index is 0.137. The first-order chi connectivity index (χ1) is 16.9. The van der Waals surface area contributed by atoms with Crippen molar-refractivity contribution in [2.45, 2.75) is 30.3 Å². The number of rotatable bonds is 10. The number of carboxylic acids is 1. The standard InChI is InChI=1S/C26H25N3O5S/c1-28-23-12-6-5-10-21(23)24(30)29(26(28)33)17-7-11-22(25(31)32)27-35-20-15-13-19(14-16-20)34-18-8-3-2-4-9-18/h2-6,8-10,12-16,22,27H,7,11,17H2,1H3,(H,31,32)/t22-/m1/s1. The first-order valence-corrected chi connectivity index (χ1v) is 11.9. The summed E-state index contributed by atoms with van der Waals surface area (Å²) in [5.74, 6) is 0.412. The first-order valence-electron chi connectivity index (χ1n) is 11.1. The molecule has 1 aromatic heterocycles. The second-order valence-electron chi connectivity index (χ2n) is 7.96. The van der Waals surface area contributed by atoms with Crippen molar-refractivity contribution in [2.75, 3.05) is 0 Å². The zero-order chi connectivity index (χ0) is 24.8. The molecule has 1 heterocycles. The minimum Gasteiger partial charge on any atom is -0.480 e. The normalized spacial score (nSPS) is 11.9. The fourth-order valence-corrected chi connectivity index (χ4v) is 4.46. The van der Waals surface area contributed by atoms with Crippen molar-refractivity contribution in [3.05, 3.63) is 99.7 Å². The molecule has 2 N–H and O–H groups in total. The number of hydrogen-bond acceptors (Lipinski definition) is 6. The van der Waals surface area contributed by atoms with E-state index >= 15 is 0 Å². The maximum absolute atomic E-state index is 12.8. The molecular formula is C26H25N3O5S. The molecule has 3 aromatic carbocycles. The average molecular weight is 492 g/mol. The molecule has 0 saturated heterocycles. The Morgan fingerprint density at radius 2 is 1.63 bits per heavy atom. The van der Waals surface area contributed by atoms with Crippen molar-refractivity contribution < 1.29 is 14.6 Å². The maximum atomic E-state index is 12.8. The van der Waals surface area contributed by atoms with Gasteiger partial charge in [0.25, 0.3) is 5.56 Å². The number of ether oxygens (including phenoxy) is 1. The number of benzene rings is 3. The van der Waals surface area contributed by atoms with Crippen LogP contribution in [0.15, 0.2) is 93.3 Å². The van der Waals surface area contributed by atoms with Gasteiger partial charge in [-0.15, -0.1) is 0 Å². The van der Waals surface area contributed by atoms with E-state index in [0.717, 1.165) is 10.6 Å². The predicted molar refractivity (Wildman–Crippen MR) is 136 cm³/mol. The van der Waals surface area contributed by atoms with Gasteiger partial charge in [-0.05, 0) is 73.3 Å². The zero-order valence-corrected chi connectivity index (χ0v) is 19.9. The van der Waals surface area contributed by atoms with Crippen LogP contribution in [0.5, 0.6) is 11.5 Å². The van der Waals surface area contributed by atoms with Gasteiger partial charge >= 0.3 is 11.7 Å². The second kappa shape index (κ2) is 11.1. The topological polar surface area (TPSA) is 103 Å². The number of carboxylic acid groups (broad SMARTS) is 1. The van der Waals surface area contributed by atoms with E-state index in [1.807, 2.05) is 54.6 Å². The van der Waals surface area contributed by atoms with Crippen molar-refractivity contribution in [1.29, 1.82) is 0 Å². The summed E-state index contributed by atoms with van der Waals surface area (Å²) in [6.45, 7) is 0.137. The maximum Gasteiger partial charge on any atom is 0.331 e. The fraction of sp³-hybridized carbons (Fsp3) is 0.192. The predicted octanol–water partition coefficient (Wildman–Crippen LogP) is 4.02. The first kappa shape index (κ1) is 24.3. The molecule has 0 amide bonds. The Balaban J connectivity index is 1.35. The van der Waals surface area contributed by atoms with Crippen LogP contribution in [-0.2, 0) is 18.4 Å². The van der Waals surface area contributed by atoms with Gasteiger partial charge in [0.1, 0.15) is 17.5 Å². The van der Waals surface area contributed by atoms with Crippen LogP contribution in [0.3, 0.4) is 0 Å². The van der Waals surface area contributed by atoms with Crippen LogP contribution in [0.2, 0.25) is 0 Å². The molecular weight excluding hydrogens is 466 g/mol. The molecule has 4 aromatic rings. The molecule has 4 rings (SSSR count). The lowest BCUT2D eigenvalue weighted by atomic mass is 10.1. The highest BCUT2D eigenvalue weighted by Gasteiger charge is 2.18. The van der Waals surface area contributed by atoms with Gasteiger partial charge in [0.2, 0.25) is 0 Å². The molecule has 9 heteroatoms. The summed E-state index contributed by atoms with van der Waals surface area (Å²) in [7, 11) is 1.62. The highest BCUT2D eigenvalue weighted by molar-refractivity contribution is 7.97. The smallest absolute Gasteiger partial charge is 0.331 e. The molecule has 35 heavy (non-hydrogen) atoms. The van der Waals surface area contributed by atoms with Crippen molar-refractivity contribution in [2.24, 2.45) is 7.05 Å². The van der Waals surface area contributed by atoms with Crippen LogP contribution < -0.4 is 20.7 Å². The third-order valence-corrected chi connectivity index (χ3v) is 6.46. The SMILES string of the molecule is Cn1c(=O)n(CCC[C@@H](NSc2ccc(Oc3ccccc3)cc2)C(=O)O)c(=O)c2ccccc21. The monoisotopic (exact) mass is 491 g/mol. The van der Waals surface area contributed by atoms with E-state index in [1.165, 1.54) is 21.1 Å². The van der Waals surface area contributed by atoms with Crippen LogP contribution in [0, 0.1) is 0 Å². The third-order valence-electron chi connectivity index (χ3n) is 5.55. The largest absolute Gasteiger partial charge is 0.480 e. The lowest BCUT2D eigenvalue weighted by molar-refractivity contribution is -0.139. The van der Waals surface area contributed by atoms with Gasteiger partial charge in [-0.1, -0.05) is 30.3 Å². The van der Waals surface area contributed by atoms with E-state index in [0.29, 0.717) is 23.1 Å². The molecule has 0 fully saturated rings. The molecule has 0 unspecified atom stereocenters.